The van der Waals surface area contributed by atoms with Gasteiger partial charge in [0.25, 0.3) is 0 Å². The van der Waals surface area contributed by atoms with Gasteiger partial charge in [-0.25, -0.2) is 0 Å². The van der Waals surface area contributed by atoms with Crippen molar-refractivity contribution in [3.63, 3.8) is 0 Å². The molecule has 0 spiro atoms. The predicted octanol–water partition coefficient (Wildman–Crippen LogP) is 5.09. The molecule has 24 heavy (non-hydrogen) atoms. The van der Waals surface area contributed by atoms with E-state index in [0.29, 0.717) is 23.8 Å². The molecule has 3 fully saturated rings. The third-order valence-electron chi connectivity index (χ3n) is 6.27. The van der Waals surface area contributed by atoms with E-state index in [4.69, 9.17) is 0 Å². The summed E-state index contributed by atoms with van der Waals surface area (Å²) in [5.41, 5.74) is 2.72. The second-order valence-electron chi connectivity index (χ2n) is 8.81. The van der Waals surface area contributed by atoms with Gasteiger partial charge in [-0.3, -0.25) is 4.79 Å². The zero-order valence-corrected chi connectivity index (χ0v) is 16.2. The van der Waals surface area contributed by atoms with Crippen LogP contribution in [0.4, 0.5) is 0 Å². The first-order valence-corrected chi connectivity index (χ1v) is 13.1. The number of hydrogen-bond acceptors (Lipinski definition) is 1. The van der Waals surface area contributed by atoms with E-state index in [-0.39, 0.29) is 0 Å². The molecule has 0 aromatic heterocycles. The second kappa shape index (κ2) is 5.87. The van der Waals surface area contributed by atoms with E-state index in [2.05, 4.69) is 54.9 Å². The number of nitrogens with zero attached hydrogens (tertiary/aromatic N) is 1. The maximum absolute atomic E-state index is 13.2. The highest BCUT2D eigenvalue weighted by atomic mass is 28.3. The average molecular weight is 340 g/mol. The van der Waals surface area contributed by atoms with Crippen molar-refractivity contribution in [1.82, 2.24) is 4.90 Å². The summed E-state index contributed by atoms with van der Waals surface area (Å²) >= 11 is 0. The zero-order valence-electron chi connectivity index (χ0n) is 15.2. The van der Waals surface area contributed by atoms with Crippen molar-refractivity contribution >= 4 is 19.2 Å². The van der Waals surface area contributed by atoms with Crippen LogP contribution in [0.2, 0.25) is 19.6 Å². The number of fused-ring (bicyclic) bond motifs is 3. The molecule has 0 N–H and O–H groups in total. The molecule has 0 bridgehead atoms. The first-order valence-electron chi connectivity index (χ1n) is 9.60. The first kappa shape index (κ1) is 16.1. The van der Waals surface area contributed by atoms with Crippen molar-refractivity contribution in [2.75, 3.05) is 0 Å². The molecule has 1 aromatic carbocycles. The van der Waals surface area contributed by atoms with Crippen LogP contribution in [-0.2, 0) is 4.79 Å². The van der Waals surface area contributed by atoms with Gasteiger partial charge in [0.05, 0.1) is 8.07 Å². The van der Waals surface area contributed by atoms with E-state index in [1.807, 2.05) is 0 Å². The van der Waals surface area contributed by atoms with Crippen molar-refractivity contribution in [2.45, 2.75) is 64.2 Å². The minimum absolute atomic E-state index is 0.317. The largest absolute Gasteiger partial charge is 0.313 e. The van der Waals surface area contributed by atoms with Crippen molar-refractivity contribution in [2.24, 2.45) is 11.8 Å². The molecule has 1 amide bonds. The molecule has 3 heteroatoms. The van der Waals surface area contributed by atoms with Crippen molar-refractivity contribution in [1.29, 1.82) is 0 Å². The van der Waals surface area contributed by atoms with Crippen LogP contribution in [0.3, 0.4) is 0 Å². The van der Waals surface area contributed by atoms with Crippen LogP contribution in [0, 0.1) is 11.8 Å². The van der Waals surface area contributed by atoms with Crippen molar-refractivity contribution < 1.29 is 4.79 Å². The van der Waals surface area contributed by atoms with Crippen LogP contribution >= 0.6 is 0 Å². The normalized spacial score (nSPS) is 31.9. The molecule has 3 atom stereocenters. The Morgan fingerprint density at radius 1 is 1.04 bits per heavy atom. The van der Waals surface area contributed by atoms with E-state index in [0.717, 1.165) is 12.8 Å². The van der Waals surface area contributed by atoms with Gasteiger partial charge < -0.3 is 4.90 Å². The Kier molecular flexibility index (Phi) is 3.95. The van der Waals surface area contributed by atoms with Gasteiger partial charge in [0.2, 0.25) is 5.91 Å². The fourth-order valence-electron chi connectivity index (χ4n) is 5.42. The standard InChI is InChI=1S/C21H29NOSi/c1-24(2,3)20(15-9-5-4-6-10-15)19-14-13-18-16-11-7-8-12-17(16)21(23)22(18)19/h4-6,9-10,16-18H,7-8,11-14H2,1-3H3/b20-19+/t16-,17+,18+/m0/s1. The molecule has 1 aromatic rings. The quantitative estimate of drug-likeness (QED) is 0.688. The van der Waals surface area contributed by atoms with Crippen LogP contribution in [-0.4, -0.2) is 24.9 Å². The monoisotopic (exact) mass is 339 g/mol. The number of rotatable bonds is 2. The Morgan fingerprint density at radius 3 is 2.46 bits per heavy atom. The van der Waals surface area contributed by atoms with Gasteiger partial charge in [0.1, 0.15) is 0 Å². The van der Waals surface area contributed by atoms with Crippen LogP contribution in [0.25, 0.3) is 5.20 Å². The molecule has 4 rings (SSSR count). The number of hydrogen-bond donors (Lipinski definition) is 0. The molecule has 128 valence electrons. The Balaban J connectivity index is 1.82. The molecule has 2 heterocycles. The summed E-state index contributed by atoms with van der Waals surface area (Å²) in [6.07, 6.45) is 7.22. The number of benzene rings is 1. The maximum atomic E-state index is 13.2. The van der Waals surface area contributed by atoms with Crippen LogP contribution in [0.1, 0.15) is 44.1 Å². The number of allylic oxidation sites excluding steroid dienone is 1. The number of carbonyl (C=O) groups excluding carboxylic acids is 1. The highest BCUT2D eigenvalue weighted by molar-refractivity contribution is 6.93. The average Bonchev–Trinajstić information content (AvgIpc) is 3.09. The van der Waals surface area contributed by atoms with Gasteiger partial charge in [-0.05, 0) is 42.4 Å². The van der Waals surface area contributed by atoms with Gasteiger partial charge in [-0.1, -0.05) is 62.8 Å². The van der Waals surface area contributed by atoms with E-state index in [9.17, 15) is 4.79 Å². The lowest BCUT2D eigenvalue weighted by Gasteiger charge is -2.29. The Labute approximate surface area is 147 Å². The summed E-state index contributed by atoms with van der Waals surface area (Å²) in [6, 6.07) is 11.3. The summed E-state index contributed by atoms with van der Waals surface area (Å²) in [6.45, 7) is 7.26. The Morgan fingerprint density at radius 2 is 1.75 bits per heavy atom. The van der Waals surface area contributed by atoms with E-state index in [1.165, 1.54) is 42.1 Å². The topological polar surface area (TPSA) is 20.3 Å². The van der Waals surface area contributed by atoms with Gasteiger partial charge in [-0.2, -0.15) is 0 Å². The smallest absolute Gasteiger partial charge is 0.230 e. The van der Waals surface area contributed by atoms with E-state index >= 15 is 0 Å². The van der Waals surface area contributed by atoms with E-state index < -0.39 is 8.07 Å². The molecule has 3 aliphatic rings. The lowest BCUT2D eigenvalue weighted by atomic mass is 9.77. The Hall–Kier alpha value is -1.35. The van der Waals surface area contributed by atoms with Crippen LogP contribution < -0.4 is 0 Å². The van der Waals surface area contributed by atoms with Gasteiger partial charge in [0.15, 0.2) is 0 Å². The molecule has 0 radical (unpaired) electrons. The minimum Gasteiger partial charge on any atom is -0.313 e. The molecule has 2 aliphatic heterocycles. The van der Waals surface area contributed by atoms with Gasteiger partial charge >= 0.3 is 0 Å². The summed E-state index contributed by atoms with van der Waals surface area (Å²) < 4.78 is 0. The van der Waals surface area contributed by atoms with Crippen LogP contribution in [0.15, 0.2) is 36.0 Å². The molecule has 0 unspecified atom stereocenters. The highest BCUT2D eigenvalue weighted by Crippen LogP contribution is 2.50. The second-order valence-corrected chi connectivity index (χ2v) is 13.8. The molecule has 1 aliphatic carbocycles. The van der Waals surface area contributed by atoms with Crippen molar-refractivity contribution in [3.8, 4) is 0 Å². The zero-order chi connectivity index (χ0) is 16.9. The minimum atomic E-state index is -1.55. The third-order valence-corrected chi connectivity index (χ3v) is 8.35. The van der Waals surface area contributed by atoms with Gasteiger partial charge in [0, 0.05) is 17.7 Å². The molecule has 2 nitrogen and oxygen atoms in total. The molecule has 1 saturated carbocycles. The summed E-state index contributed by atoms with van der Waals surface area (Å²) in [5.74, 6) is 1.39. The third kappa shape index (κ3) is 2.48. The molecular weight excluding hydrogens is 310 g/mol. The maximum Gasteiger partial charge on any atom is 0.230 e. The van der Waals surface area contributed by atoms with Crippen LogP contribution in [0.5, 0.6) is 0 Å². The Bertz CT molecular complexity index is 673. The van der Waals surface area contributed by atoms with Gasteiger partial charge in [-0.15, -0.1) is 0 Å². The number of carbonyl (C=O) groups is 1. The fourth-order valence-corrected chi connectivity index (χ4v) is 7.57. The predicted molar refractivity (Wildman–Crippen MR) is 102 cm³/mol. The van der Waals surface area contributed by atoms with Crippen molar-refractivity contribution in [3.05, 3.63) is 41.6 Å². The summed E-state index contributed by atoms with van der Waals surface area (Å²) in [7, 11) is -1.55. The summed E-state index contributed by atoms with van der Waals surface area (Å²) in [5, 5.41) is 1.51. The lowest BCUT2D eigenvalue weighted by molar-refractivity contribution is -0.130. The van der Waals surface area contributed by atoms with E-state index in [1.54, 1.807) is 0 Å². The SMILES string of the molecule is C[Si](C)(C)/C(=C1\CC[C@@H]2[C@H]3CCCC[C@H]3C(=O)N12)c1ccccc1. The first-order chi connectivity index (χ1) is 11.5. The number of amides is 1. The molecule has 2 saturated heterocycles. The highest BCUT2D eigenvalue weighted by Gasteiger charge is 2.52. The molecular formula is C21H29NOSi. The lowest BCUT2D eigenvalue weighted by Crippen LogP contribution is -2.33. The fraction of sp³-hybridized carbons (Fsp3) is 0.571. The summed E-state index contributed by atoms with van der Waals surface area (Å²) in [4.78, 5) is 15.5.